The predicted molar refractivity (Wildman–Crippen MR) is 103 cm³/mol. The second-order valence-electron chi connectivity index (χ2n) is 7.55. The summed E-state index contributed by atoms with van der Waals surface area (Å²) >= 11 is 0. The van der Waals surface area contributed by atoms with Crippen molar-refractivity contribution in [1.29, 1.82) is 0 Å². The second-order valence-corrected chi connectivity index (χ2v) is 7.55. The number of benzene rings is 1. The smallest absolute Gasteiger partial charge is 0.251 e. The van der Waals surface area contributed by atoms with E-state index >= 15 is 0 Å². The van der Waals surface area contributed by atoms with Crippen molar-refractivity contribution in [1.82, 2.24) is 10.2 Å². The minimum Gasteiger partial charge on any atom is -0.465 e. The third kappa shape index (κ3) is 4.09. The van der Waals surface area contributed by atoms with Gasteiger partial charge in [-0.05, 0) is 37.5 Å². The Morgan fingerprint density at radius 2 is 1.93 bits per heavy atom. The Morgan fingerprint density at radius 1 is 1.15 bits per heavy atom. The van der Waals surface area contributed by atoms with E-state index in [1.165, 1.54) is 25.7 Å². The van der Waals surface area contributed by atoms with Crippen LogP contribution in [0.4, 0.5) is 0 Å². The van der Waals surface area contributed by atoms with E-state index in [-0.39, 0.29) is 11.9 Å². The molecule has 2 aliphatic rings. The lowest BCUT2D eigenvalue weighted by molar-refractivity contribution is -0.148. The van der Waals surface area contributed by atoms with Crippen LogP contribution in [0.5, 0.6) is 0 Å². The summed E-state index contributed by atoms with van der Waals surface area (Å²) in [5.41, 5.74) is 1.15. The number of ether oxygens (including phenoxy) is 1. The molecular weight excluding hydrogens is 340 g/mol. The van der Waals surface area contributed by atoms with Crippen molar-refractivity contribution in [3.8, 4) is 0 Å². The van der Waals surface area contributed by atoms with E-state index in [0.717, 1.165) is 23.6 Å². The zero-order chi connectivity index (χ0) is 18.6. The first-order valence-corrected chi connectivity index (χ1v) is 9.98. The van der Waals surface area contributed by atoms with Gasteiger partial charge in [0.1, 0.15) is 11.5 Å². The Kier molecular flexibility index (Phi) is 5.60. The van der Waals surface area contributed by atoms with Gasteiger partial charge in [0.2, 0.25) is 0 Å². The molecule has 2 heterocycles. The second kappa shape index (κ2) is 8.28. The summed E-state index contributed by atoms with van der Waals surface area (Å²) in [6, 6.07) is 14.6. The minimum atomic E-state index is -0.502. The summed E-state index contributed by atoms with van der Waals surface area (Å²) in [5, 5.41) is 3.01. The fraction of sp³-hybridized carbons (Fsp3) is 0.500. The number of hydrogen-bond acceptors (Lipinski definition) is 4. The number of hydrogen-bond donors (Lipinski definition) is 1. The molecule has 0 spiro atoms. The molecule has 1 amide bonds. The SMILES string of the molecule is Cc1ccc(CNC(=O)[C@@H]2OCCN(C3CCCC3)[C@H]2c2ccccc2)o1. The molecule has 1 N–H and O–H groups in total. The van der Waals surface area contributed by atoms with Gasteiger partial charge in [-0.15, -0.1) is 0 Å². The maximum Gasteiger partial charge on any atom is 0.251 e. The summed E-state index contributed by atoms with van der Waals surface area (Å²) in [5.74, 6) is 1.55. The van der Waals surface area contributed by atoms with Crippen molar-refractivity contribution < 1.29 is 13.9 Å². The van der Waals surface area contributed by atoms with E-state index < -0.39 is 6.10 Å². The third-order valence-electron chi connectivity index (χ3n) is 5.72. The van der Waals surface area contributed by atoms with Crippen LogP contribution < -0.4 is 5.32 Å². The van der Waals surface area contributed by atoms with Crippen molar-refractivity contribution in [3.63, 3.8) is 0 Å². The van der Waals surface area contributed by atoms with Crippen LogP contribution in [0, 0.1) is 6.92 Å². The fourth-order valence-corrected chi connectivity index (χ4v) is 4.43. The first-order valence-electron chi connectivity index (χ1n) is 9.98. The van der Waals surface area contributed by atoms with E-state index in [4.69, 9.17) is 9.15 Å². The Balaban J connectivity index is 1.53. The Morgan fingerprint density at radius 3 is 2.63 bits per heavy atom. The predicted octanol–water partition coefficient (Wildman–Crippen LogP) is 3.59. The average molecular weight is 368 g/mol. The molecule has 1 saturated carbocycles. The summed E-state index contributed by atoms with van der Waals surface area (Å²) < 4.78 is 11.6. The monoisotopic (exact) mass is 368 g/mol. The zero-order valence-electron chi connectivity index (χ0n) is 15.9. The molecule has 2 aromatic rings. The van der Waals surface area contributed by atoms with Crippen molar-refractivity contribution in [2.45, 2.75) is 57.3 Å². The highest BCUT2D eigenvalue weighted by molar-refractivity contribution is 5.82. The average Bonchev–Trinajstić information content (AvgIpc) is 3.38. The highest BCUT2D eigenvalue weighted by Crippen LogP contribution is 2.36. The molecule has 1 saturated heterocycles. The van der Waals surface area contributed by atoms with Gasteiger partial charge < -0.3 is 14.5 Å². The molecule has 4 rings (SSSR count). The summed E-state index contributed by atoms with van der Waals surface area (Å²) in [4.78, 5) is 15.5. The van der Waals surface area contributed by atoms with Crippen molar-refractivity contribution in [2.24, 2.45) is 0 Å². The highest BCUT2D eigenvalue weighted by atomic mass is 16.5. The number of nitrogens with zero attached hydrogens (tertiary/aromatic N) is 1. The van der Waals surface area contributed by atoms with E-state index in [0.29, 0.717) is 19.2 Å². The van der Waals surface area contributed by atoms with E-state index in [1.54, 1.807) is 0 Å². The molecule has 5 heteroatoms. The van der Waals surface area contributed by atoms with Crippen LogP contribution in [0.2, 0.25) is 0 Å². The molecule has 1 aliphatic carbocycles. The molecule has 0 radical (unpaired) electrons. The molecule has 144 valence electrons. The Bertz CT molecular complexity index is 752. The first kappa shape index (κ1) is 18.3. The van der Waals surface area contributed by atoms with Gasteiger partial charge in [-0.1, -0.05) is 43.2 Å². The van der Waals surface area contributed by atoms with Crippen LogP contribution >= 0.6 is 0 Å². The lowest BCUT2D eigenvalue weighted by atomic mass is 9.95. The maximum atomic E-state index is 13.0. The lowest BCUT2D eigenvalue weighted by Crippen LogP contribution is -2.54. The molecule has 1 aliphatic heterocycles. The van der Waals surface area contributed by atoms with Crippen molar-refractivity contribution >= 4 is 5.91 Å². The topological polar surface area (TPSA) is 54.7 Å². The van der Waals surface area contributed by atoms with Crippen LogP contribution in [-0.4, -0.2) is 36.1 Å². The highest BCUT2D eigenvalue weighted by Gasteiger charge is 2.41. The Hall–Kier alpha value is -2.11. The molecule has 2 atom stereocenters. The van der Waals surface area contributed by atoms with Gasteiger partial charge >= 0.3 is 0 Å². The maximum absolute atomic E-state index is 13.0. The number of morpholine rings is 1. The van der Waals surface area contributed by atoms with Gasteiger partial charge in [0.25, 0.3) is 5.91 Å². The van der Waals surface area contributed by atoms with Crippen LogP contribution in [-0.2, 0) is 16.1 Å². The first-order chi connectivity index (χ1) is 13.2. The van der Waals surface area contributed by atoms with Gasteiger partial charge in [-0.3, -0.25) is 9.69 Å². The van der Waals surface area contributed by atoms with Crippen LogP contribution in [0.25, 0.3) is 0 Å². The quantitative estimate of drug-likeness (QED) is 0.876. The number of rotatable bonds is 5. The van der Waals surface area contributed by atoms with Crippen LogP contribution in [0.1, 0.15) is 48.8 Å². The van der Waals surface area contributed by atoms with Crippen LogP contribution in [0.15, 0.2) is 46.9 Å². The summed E-state index contributed by atoms with van der Waals surface area (Å²) in [7, 11) is 0. The zero-order valence-corrected chi connectivity index (χ0v) is 15.9. The molecule has 27 heavy (non-hydrogen) atoms. The van der Waals surface area contributed by atoms with Crippen molar-refractivity contribution in [3.05, 3.63) is 59.5 Å². The van der Waals surface area contributed by atoms with Gasteiger partial charge in [0.15, 0.2) is 6.10 Å². The fourth-order valence-electron chi connectivity index (χ4n) is 4.43. The molecule has 2 fully saturated rings. The van der Waals surface area contributed by atoms with E-state index in [2.05, 4.69) is 22.3 Å². The molecule has 0 unspecified atom stereocenters. The van der Waals surface area contributed by atoms with E-state index in [1.807, 2.05) is 37.3 Å². The van der Waals surface area contributed by atoms with E-state index in [9.17, 15) is 4.79 Å². The molecule has 1 aromatic carbocycles. The number of nitrogens with one attached hydrogen (secondary N) is 1. The molecule has 1 aromatic heterocycles. The summed E-state index contributed by atoms with van der Waals surface area (Å²) in [6.07, 6.45) is 4.47. The Labute approximate surface area is 160 Å². The standard InChI is InChI=1S/C22H28N2O3/c1-16-11-12-19(27-16)15-23-22(25)21-20(17-7-3-2-4-8-17)24(13-14-26-21)18-9-5-6-10-18/h2-4,7-8,11-12,18,20-21H,5-6,9-10,13-15H2,1H3,(H,23,25)/t20-,21+/m0/s1. The van der Waals surface area contributed by atoms with Crippen molar-refractivity contribution in [2.75, 3.05) is 13.2 Å². The van der Waals surface area contributed by atoms with Gasteiger partial charge in [0, 0.05) is 12.6 Å². The molecule has 0 bridgehead atoms. The minimum absolute atomic E-state index is 0.0404. The molecular formula is C22H28N2O3. The van der Waals surface area contributed by atoms with Crippen LogP contribution in [0.3, 0.4) is 0 Å². The van der Waals surface area contributed by atoms with Gasteiger partial charge in [0.05, 0.1) is 19.2 Å². The number of aryl methyl sites for hydroxylation is 1. The number of carbonyl (C=O) groups is 1. The lowest BCUT2D eigenvalue weighted by Gasteiger charge is -2.44. The normalized spacial score (nSPS) is 24.2. The number of carbonyl (C=O) groups excluding carboxylic acids is 1. The number of amides is 1. The third-order valence-corrected chi connectivity index (χ3v) is 5.72. The molecule has 5 nitrogen and oxygen atoms in total. The van der Waals surface area contributed by atoms with Gasteiger partial charge in [-0.2, -0.15) is 0 Å². The summed E-state index contributed by atoms with van der Waals surface area (Å²) in [6.45, 7) is 3.76. The largest absolute Gasteiger partial charge is 0.465 e. The number of furan rings is 1. The van der Waals surface area contributed by atoms with Gasteiger partial charge in [-0.25, -0.2) is 0 Å².